The Morgan fingerprint density at radius 3 is 2.77 bits per heavy atom. The van der Waals surface area contributed by atoms with Crippen LogP contribution in [0, 0.1) is 0 Å². The van der Waals surface area contributed by atoms with Crippen LogP contribution in [-0.4, -0.2) is 55.4 Å². The molecule has 3 unspecified atom stereocenters. The lowest BCUT2D eigenvalue weighted by Crippen LogP contribution is -2.72. The predicted octanol–water partition coefficient (Wildman–Crippen LogP) is 1.12. The number of methoxy groups -OCH3 is 2. The third kappa shape index (κ3) is 1.75. The number of nitrogens with zero attached hydrogens (tertiary/aromatic N) is 1. The van der Waals surface area contributed by atoms with Gasteiger partial charge in [0, 0.05) is 6.04 Å². The van der Waals surface area contributed by atoms with Crippen molar-refractivity contribution in [3.63, 3.8) is 0 Å². The molecule has 1 aliphatic carbocycles. The molecule has 1 aliphatic heterocycles. The van der Waals surface area contributed by atoms with Crippen molar-refractivity contribution in [1.29, 1.82) is 0 Å². The normalized spacial score (nSPS) is 34.0. The van der Waals surface area contributed by atoms with Crippen LogP contribution in [0.15, 0.2) is 18.2 Å². The van der Waals surface area contributed by atoms with Gasteiger partial charge in [-0.25, -0.2) is 0 Å². The van der Waals surface area contributed by atoms with E-state index in [0.29, 0.717) is 18.6 Å². The first kappa shape index (κ1) is 15.3. The van der Waals surface area contributed by atoms with E-state index in [0.717, 1.165) is 17.7 Å². The van der Waals surface area contributed by atoms with Crippen molar-refractivity contribution in [1.82, 2.24) is 4.90 Å². The summed E-state index contributed by atoms with van der Waals surface area (Å²) in [5.41, 5.74) is -0.310. The Kier molecular flexibility index (Phi) is 3.45. The molecule has 1 aromatic carbocycles. The Morgan fingerprint density at radius 1 is 1.41 bits per heavy atom. The van der Waals surface area contributed by atoms with Crippen LogP contribution in [0.4, 0.5) is 0 Å². The summed E-state index contributed by atoms with van der Waals surface area (Å²) in [6.45, 7) is 2.50. The maximum Gasteiger partial charge on any atom is 0.319 e. The molecule has 3 rings (SSSR count). The predicted molar refractivity (Wildman–Crippen MR) is 82.1 cm³/mol. The fourth-order valence-corrected chi connectivity index (χ4v) is 4.29. The third-order valence-electron chi connectivity index (χ3n) is 5.61. The monoisotopic (exact) mass is 305 g/mol. The van der Waals surface area contributed by atoms with E-state index in [2.05, 4.69) is 4.90 Å². The summed E-state index contributed by atoms with van der Waals surface area (Å²) in [5.74, 6) is 0.319. The summed E-state index contributed by atoms with van der Waals surface area (Å²) in [5, 5.41) is 11.3. The number of hydrogen-bond donors (Lipinski definition) is 1. The van der Waals surface area contributed by atoms with Gasteiger partial charge in [-0.15, -0.1) is 0 Å². The van der Waals surface area contributed by atoms with Crippen molar-refractivity contribution in [3.8, 4) is 5.75 Å². The van der Waals surface area contributed by atoms with Gasteiger partial charge in [0.1, 0.15) is 11.2 Å². The molecule has 1 N–H and O–H groups in total. The van der Waals surface area contributed by atoms with Gasteiger partial charge in [0.25, 0.3) is 0 Å². The van der Waals surface area contributed by atoms with Gasteiger partial charge in [0.2, 0.25) is 0 Å². The average Bonchev–Trinajstić information content (AvgIpc) is 2.50. The summed E-state index contributed by atoms with van der Waals surface area (Å²) >= 11 is 0. The zero-order valence-electron chi connectivity index (χ0n) is 13.5. The molecule has 2 aliphatic rings. The number of likely N-dealkylation sites (N-methyl/N-ethyl adjacent to an activating group) is 1. The maximum atomic E-state index is 12.7. The first-order valence-electron chi connectivity index (χ1n) is 7.57. The van der Waals surface area contributed by atoms with E-state index in [-0.39, 0.29) is 12.0 Å². The lowest BCUT2D eigenvalue weighted by molar-refractivity contribution is -0.178. The van der Waals surface area contributed by atoms with Crippen molar-refractivity contribution in [2.75, 3.05) is 27.8 Å². The smallest absolute Gasteiger partial charge is 0.319 e. The van der Waals surface area contributed by atoms with Crippen molar-refractivity contribution >= 4 is 5.97 Å². The number of carbonyl (C=O) groups is 1. The minimum atomic E-state index is -1.19. The van der Waals surface area contributed by atoms with Crippen LogP contribution in [-0.2, 0) is 21.4 Å². The van der Waals surface area contributed by atoms with Gasteiger partial charge in [-0.2, -0.15) is 0 Å². The van der Waals surface area contributed by atoms with Crippen molar-refractivity contribution in [2.45, 2.75) is 36.8 Å². The second-order valence-electron chi connectivity index (χ2n) is 6.52. The number of aliphatic hydroxyl groups is 1. The first-order valence-corrected chi connectivity index (χ1v) is 7.57. The van der Waals surface area contributed by atoms with Gasteiger partial charge in [-0.05, 0) is 56.6 Å². The quantitative estimate of drug-likeness (QED) is 0.830. The second-order valence-corrected chi connectivity index (χ2v) is 6.52. The van der Waals surface area contributed by atoms with Crippen molar-refractivity contribution < 1.29 is 19.4 Å². The minimum Gasteiger partial charge on any atom is -0.497 e. The number of fused-ring (bicyclic) bond motifs is 4. The Bertz CT molecular complexity index is 613. The standard InChI is InChI=1S/C17H23NO4/c1-16(20)14-9-11-5-6-12(21-3)10-13(11)17(16,15(19)22-4)7-8-18(14)2/h5-6,10,14,20H,7-9H2,1-4H3. The molecule has 22 heavy (non-hydrogen) atoms. The molecule has 5 heteroatoms. The van der Waals surface area contributed by atoms with Gasteiger partial charge in [0.15, 0.2) is 0 Å². The topological polar surface area (TPSA) is 59.0 Å². The van der Waals surface area contributed by atoms with Gasteiger partial charge < -0.3 is 19.5 Å². The molecule has 1 fully saturated rings. The SMILES string of the molecule is COC(=O)C12CCN(C)C(Cc3ccc(OC)cc31)C2(C)O. The highest BCUT2D eigenvalue weighted by Crippen LogP contribution is 2.52. The molecule has 1 aromatic rings. The fraction of sp³-hybridized carbons (Fsp3) is 0.588. The zero-order valence-corrected chi connectivity index (χ0v) is 13.5. The number of carbonyl (C=O) groups excluding carboxylic acids is 1. The fourth-order valence-electron chi connectivity index (χ4n) is 4.29. The highest BCUT2D eigenvalue weighted by molar-refractivity contribution is 5.87. The van der Waals surface area contributed by atoms with Crippen LogP contribution in [0.5, 0.6) is 5.75 Å². The highest BCUT2D eigenvalue weighted by atomic mass is 16.5. The first-order chi connectivity index (χ1) is 10.4. The minimum absolute atomic E-state index is 0.110. The van der Waals surface area contributed by atoms with Crippen molar-refractivity contribution in [2.24, 2.45) is 0 Å². The summed E-state index contributed by atoms with van der Waals surface area (Å²) < 4.78 is 10.4. The van der Waals surface area contributed by atoms with Gasteiger partial charge in [-0.3, -0.25) is 4.79 Å². The van der Waals surface area contributed by atoms with Crippen LogP contribution in [0.25, 0.3) is 0 Å². The van der Waals surface area contributed by atoms with E-state index in [1.54, 1.807) is 14.0 Å². The van der Waals surface area contributed by atoms with E-state index in [9.17, 15) is 9.90 Å². The number of likely N-dealkylation sites (tertiary alicyclic amines) is 1. The average molecular weight is 305 g/mol. The number of benzene rings is 1. The lowest BCUT2D eigenvalue weighted by atomic mass is 9.55. The summed E-state index contributed by atoms with van der Waals surface area (Å²) in [6.07, 6.45) is 1.24. The molecule has 1 saturated heterocycles. The molecule has 5 nitrogen and oxygen atoms in total. The Hall–Kier alpha value is -1.59. The molecular formula is C17H23NO4. The molecule has 0 radical (unpaired) electrons. The second kappa shape index (κ2) is 4.96. The molecule has 0 saturated carbocycles. The largest absolute Gasteiger partial charge is 0.497 e. The molecule has 3 atom stereocenters. The zero-order chi connectivity index (χ0) is 16.1. The third-order valence-corrected chi connectivity index (χ3v) is 5.61. The molecule has 0 aromatic heterocycles. The number of ether oxygens (including phenoxy) is 2. The van der Waals surface area contributed by atoms with Crippen LogP contribution in [0.2, 0.25) is 0 Å². The van der Waals surface area contributed by atoms with Crippen molar-refractivity contribution in [3.05, 3.63) is 29.3 Å². The van der Waals surface area contributed by atoms with E-state index >= 15 is 0 Å². The number of rotatable bonds is 2. The Balaban J connectivity index is 2.28. The van der Waals surface area contributed by atoms with E-state index in [1.165, 1.54) is 7.11 Å². The highest BCUT2D eigenvalue weighted by Gasteiger charge is 2.64. The lowest BCUT2D eigenvalue weighted by Gasteiger charge is -2.58. The number of esters is 1. The van der Waals surface area contributed by atoms with E-state index in [4.69, 9.17) is 9.47 Å². The van der Waals surface area contributed by atoms with E-state index in [1.807, 2.05) is 25.2 Å². The van der Waals surface area contributed by atoms with Crippen LogP contribution >= 0.6 is 0 Å². The molecule has 120 valence electrons. The summed E-state index contributed by atoms with van der Waals surface area (Å²) in [6, 6.07) is 5.66. The summed E-state index contributed by atoms with van der Waals surface area (Å²) in [4.78, 5) is 14.9. The summed E-state index contributed by atoms with van der Waals surface area (Å²) in [7, 11) is 4.98. The molecule has 1 heterocycles. The molecular weight excluding hydrogens is 282 g/mol. The Morgan fingerprint density at radius 2 is 2.14 bits per heavy atom. The number of piperidine rings is 1. The van der Waals surface area contributed by atoms with Gasteiger partial charge >= 0.3 is 5.97 Å². The molecule has 0 amide bonds. The Labute approximate surface area is 130 Å². The van der Waals surface area contributed by atoms with Crippen LogP contribution in [0.1, 0.15) is 24.5 Å². The van der Waals surface area contributed by atoms with Crippen LogP contribution < -0.4 is 4.74 Å². The van der Waals surface area contributed by atoms with E-state index < -0.39 is 11.0 Å². The van der Waals surface area contributed by atoms with Gasteiger partial charge in [-0.1, -0.05) is 6.07 Å². The van der Waals surface area contributed by atoms with Gasteiger partial charge in [0.05, 0.1) is 19.8 Å². The maximum absolute atomic E-state index is 12.7. The molecule has 2 bridgehead atoms. The molecule has 0 spiro atoms. The number of hydrogen-bond acceptors (Lipinski definition) is 5. The van der Waals surface area contributed by atoms with Crippen LogP contribution in [0.3, 0.4) is 0 Å².